The number of nitrogens with one attached hydrogen (secondary N) is 1. The van der Waals surface area contributed by atoms with E-state index in [4.69, 9.17) is 5.73 Å². The van der Waals surface area contributed by atoms with Crippen LogP contribution in [0.4, 0.5) is 11.5 Å². The van der Waals surface area contributed by atoms with Gasteiger partial charge in [0.1, 0.15) is 10.6 Å². The van der Waals surface area contributed by atoms with Crippen LogP contribution in [-0.4, -0.2) is 48.4 Å². The summed E-state index contributed by atoms with van der Waals surface area (Å²) < 4.78 is 25.9. The van der Waals surface area contributed by atoms with E-state index in [1.165, 1.54) is 31.5 Å². The zero-order valence-corrected chi connectivity index (χ0v) is 17.9. The molecule has 2 heterocycles. The number of hydrogen-bond donors (Lipinski definition) is 2. The molecule has 0 atom stereocenters. The van der Waals surface area contributed by atoms with Crippen LogP contribution in [0, 0.1) is 6.92 Å². The SMILES string of the molecule is Cc1ccc(NC(=O)CSc2nc(N)c3ccsc3n2)cc1S(=O)(=O)N(C)C. The van der Waals surface area contributed by atoms with E-state index in [1.807, 2.05) is 11.4 Å². The number of nitrogens with zero attached hydrogens (tertiary/aromatic N) is 3. The molecule has 1 amide bonds. The minimum Gasteiger partial charge on any atom is -0.383 e. The lowest BCUT2D eigenvalue weighted by Gasteiger charge is -2.15. The first-order valence-corrected chi connectivity index (χ1v) is 11.5. The molecule has 3 aromatic rings. The molecule has 0 spiro atoms. The van der Waals surface area contributed by atoms with Crippen molar-refractivity contribution in [2.24, 2.45) is 0 Å². The number of amides is 1. The first-order valence-electron chi connectivity index (χ1n) is 8.15. The van der Waals surface area contributed by atoms with Gasteiger partial charge in [-0.1, -0.05) is 17.8 Å². The van der Waals surface area contributed by atoms with Gasteiger partial charge in [0, 0.05) is 19.8 Å². The Morgan fingerprint density at radius 3 is 2.75 bits per heavy atom. The van der Waals surface area contributed by atoms with E-state index in [0.29, 0.717) is 22.2 Å². The van der Waals surface area contributed by atoms with E-state index in [-0.39, 0.29) is 16.6 Å². The molecule has 1 aromatic carbocycles. The van der Waals surface area contributed by atoms with Gasteiger partial charge >= 0.3 is 0 Å². The number of nitrogens with two attached hydrogens (primary N) is 1. The molecule has 0 radical (unpaired) electrons. The van der Waals surface area contributed by atoms with Crippen LogP contribution in [0.5, 0.6) is 0 Å². The number of benzene rings is 1. The van der Waals surface area contributed by atoms with Gasteiger partial charge in [-0.25, -0.2) is 22.7 Å². The minimum atomic E-state index is -3.60. The number of fused-ring (bicyclic) bond motifs is 1. The number of aromatic nitrogens is 2. The first kappa shape index (κ1) is 20.5. The summed E-state index contributed by atoms with van der Waals surface area (Å²) in [6, 6.07) is 6.64. The molecule has 3 N–H and O–H groups in total. The van der Waals surface area contributed by atoms with Gasteiger partial charge in [0.15, 0.2) is 5.16 Å². The first-order chi connectivity index (χ1) is 13.2. The Hall–Kier alpha value is -2.21. The van der Waals surface area contributed by atoms with Crippen LogP contribution in [-0.2, 0) is 14.8 Å². The third kappa shape index (κ3) is 4.27. The van der Waals surface area contributed by atoms with Crippen molar-refractivity contribution in [1.82, 2.24) is 14.3 Å². The zero-order valence-electron chi connectivity index (χ0n) is 15.5. The molecular formula is C17H19N5O3S3. The predicted molar refractivity (Wildman–Crippen MR) is 113 cm³/mol. The Morgan fingerprint density at radius 1 is 1.29 bits per heavy atom. The van der Waals surface area contributed by atoms with Crippen molar-refractivity contribution >= 4 is 60.8 Å². The summed E-state index contributed by atoms with van der Waals surface area (Å²) in [4.78, 5) is 21.8. The van der Waals surface area contributed by atoms with Crippen molar-refractivity contribution < 1.29 is 13.2 Å². The van der Waals surface area contributed by atoms with Crippen LogP contribution in [0.25, 0.3) is 10.2 Å². The van der Waals surface area contributed by atoms with Crippen molar-refractivity contribution in [1.29, 1.82) is 0 Å². The number of thiophene rings is 1. The second-order valence-electron chi connectivity index (χ2n) is 6.14. The Bertz CT molecular complexity index is 1140. The summed E-state index contributed by atoms with van der Waals surface area (Å²) >= 11 is 2.62. The molecule has 11 heteroatoms. The lowest BCUT2D eigenvalue weighted by Crippen LogP contribution is -2.23. The molecule has 0 fully saturated rings. The largest absolute Gasteiger partial charge is 0.383 e. The molecule has 148 valence electrons. The number of aryl methyl sites for hydroxylation is 1. The van der Waals surface area contributed by atoms with Crippen LogP contribution < -0.4 is 11.1 Å². The third-order valence-electron chi connectivity index (χ3n) is 3.90. The maximum atomic E-state index is 12.4. The van der Waals surface area contributed by atoms with E-state index in [1.54, 1.807) is 19.1 Å². The van der Waals surface area contributed by atoms with Crippen molar-refractivity contribution in [2.45, 2.75) is 17.0 Å². The molecule has 28 heavy (non-hydrogen) atoms. The Morgan fingerprint density at radius 2 is 2.04 bits per heavy atom. The van der Waals surface area contributed by atoms with Gasteiger partial charge in [-0.3, -0.25) is 4.79 Å². The van der Waals surface area contributed by atoms with Gasteiger partial charge < -0.3 is 11.1 Å². The monoisotopic (exact) mass is 437 g/mol. The van der Waals surface area contributed by atoms with Crippen LogP contribution in [0.3, 0.4) is 0 Å². The van der Waals surface area contributed by atoms with E-state index in [0.717, 1.165) is 26.3 Å². The highest BCUT2D eigenvalue weighted by atomic mass is 32.2. The van der Waals surface area contributed by atoms with Gasteiger partial charge in [0.05, 0.1) is 16.0 Å². The average molecular weight is 438 g/mol. The molecule has 2 aromatic heterocycles. The average Bonchev–Trinajstić information content (AvgIpc) is 3.10. The third-order valence-corrected chi connectivity index (χ3v) is 7.51. The number of anilines is 2. The molecule has 8 nitrogen and oxygen atoms in total. The summed E-state index contributed by atoms with van der Waals surface area (Å²) in [6.45, 7) is 1.71. The molecule has 0 aliphatic rings. The van der Waals surface area contributed by atoms with E-state index in [9.17, 15) is 13.2 Å². The molecular weight excluding hydrogens is 418 g/mol. The number of rotatable bonds is 6. The highest BCUT2D eigenvalue weighted by molar-refractivity contribution is 7.99. The van der Waals surface area contributed by atoms with Gasteiger partial charge in [0.2, 0.25) is 15.9 Å². The second kappa shape index (κ2) is 8.03. The van der Waals surface area contributed by atoms with Crippen molar-refractivity contribution in [3.8, 4) is 0 Å². The minimum absolute atomic E-state index is 0.0694. The second-order valence-corrected chi connectivity index (χ2v) is 10.1. The molecule has 0 aliphatic heterocycles. The Balaban J connectivity index is 1.71. The fourth-order valence-corrected chi connectivity index (χ4v) is 5.03. The van der Waals surface area contributed by atoms with Crippen molar-refractivity contribution in [3.63, 3.8) is 0 Å². The number of sulfonamides is 1. The van der Waals surface area contributed by atoms with Crippen LogP contribution in [0.15, 0.2) is 39.7 Å². The molecule has 0 unspecified atom stereocenters. The molecule has 0 aliphatic carbocycles. The fraction of sp³-hybridized carbons (Fsp3) is 0.235. The number of hydrogen-bond acceptors (Lipinski definition) is 8. The number of carbonyl (C=O) groups is 1. The van der Waals surface area contributed by atoms with Gasteiger partial charge in [-0.2, -0.15) is 0 Å². The maximum Gasteiger partial charge on any atom is 0.242 e. The smallest absolute Gasteiger partial charge is 0.242 e. The lowest BCUT2D eigenvalue weighted by molar-refractivity contribution is -0.113. The molecule has 3 rings (SSSR count). The highest BCUT2D eigenvalue weighted by Gasteiger charge is 2.20. The van der Waals surface area contributed by atoms with Crippen molar-refractivity contribution in [3.05, 3.63) is 35.2 Å². The van der Waals surface area contributed by atoms with Crippen LogP contribution in [0.2, 0.25) is 0 Å². The van der Waals surface area contributed by atoms with Gasteiger partial charge in [-0.05, 0) is 36.1 Å². The normalized spacial score (nSPS) is 11.9. The highest BCUT2D eigenvalue weighted by Crippen LogP contribution is 2.27. The van der Waals surface area contributed by atoms with E-state index >= 15 is 0 Å². The van der Waals surface area contributed by atoms with E-state index in [2.05, 4.69) is 15.3 Å². The zero-order chi connectivity index (χ0) is 20.5. The fourth-order valence-electron chi connectivity index (χ4n) is 2.40. The molecule has 0 saturated carbocycles. The molecule has 0 saturated heterocycles. The van der Waals surface area contributed by atoms with Gasteiger partial charge in [-0.15, -0.1) is 11.3 Å². The molecule has 0 bridgehead atoms. The topological polar surface area (TPSA) is 118 Å². The summed E-state index contributed by atoms with van der Waals surface area (Å²) in [5.41, 5.74) is 6.92. The number of carbonyl (C=O) groups excluding carboxylic acids is 1. The number of nitrogen functional groups attached to an aromatic ring is 1. The Kier molecular flexibility index (Phi) is 5.89. The quantitative estimate of drug-likeness (QED) is 0.449. The van der Waals surface area contributed by atoms with Crippen molar-refractivity contribution in [2.75, 3.05) is 30.9 Å². The standard InChI is InChI=1S/C17H19N5O3S3/c1-10-4-5-11(8-13(10)28(24,25)22(2)3)19-14(23)9-27-17-20-15(18)12-6-7-26-16(12)21-17/h4-8H,9H2,1-3H3,(H,19,23)(H2,18,20,21). The summed E-state index contributed by atoms with van der Waals surface area (Å²) in [7, 11) is -0.667. The summed E-state index contributed by atoms with van der Waals surface area (Å²) in [5, 5.41) is 5.81. The van der Waals surface area contributed by atoms with E-state index < -0.39 is 10.0 Å². The predicted octanol–water partition coefficient (Wildman–Crippen LogP) is 2.56. The lowest BCUT2D eigenvalue weighted by atomic mass is 10.2. The van der Waals surface area contributed by atoms with Crippen LogP contribution >= 0.6 is 23.1 Å². The number of thioether (sulfide) groups is 1. The summed E-state index contributed by atoms with van der Waals surface area (Å²) in [5.74, 6) is 0.154. The van der Waals surface area contributed by atoms with Crippen LogP contribution in [0.1, 0.15) is 5.56 Å². The maximum absolute atomic E-state index is 12.4. The summed E-state index contributed by atoms with van der Waals surface area (Å²) in [6.07, 6.45) is 0. The Labute approximate surface area is 171 Å². The van der Waals surface area contributed by atoms with Gasteiger partial charge in [0.25, 0.3) is 0 Å².